The first-order valence-electron chi connectivity index (χ1n) is 2.35. The normalized spacial score (nSPS) is 8.12. The molecule has 0 aliphatic carbocycles. The number of allylic oxidation sites excluding steroid dienone is 1. The maximum Gasteiger partial charge on any atom is 0.0311 e. The first-order chi connectivity index (χ1) is 3.55. The van der Waals surface area contributed by atoms with E-state index in [9.17, 15) is 0 Å². The van der Waals surface area contributed by atoms with Gasteiger partial charge >= 0.3 is 0 Å². The van der Waals surface area contributed by atoms with E-state index in [4.69, 9.17) is 5.73 Å². The zero-order valence-corrected chi connectivity index (χ0v) is 5.20. The van der Waals surface area contributed by atoms with Crippen molar-refractivity contribution in [3.63, 3.8) is 0 Å². The van der Waals surface area contributed by atoms with Gasteiger partial charge in [-0.05, 0) is 18.1 Å². The molecule has 0 aliphatic heterocycles. The third kappa shape index (κ3) is 1.65. The zero-order chi connectivity index (χ0) is 6.73. The highest BCUT2D eigenvalue weighted by Crippen LogP contribution is 2.07. The number of rotatable bonds is 2. The van der Waals surface area contributed by atoms with Crippen LogP contribution in [-0.2, 0) is 0 Å². The predicted octanol–water partition coefficient (Wildman–Crippen LogP) is 1.59. The Hall–Kier alpha value is -0.980. The molecule has 0 saturated heterocycles. The summed E-state index contributed by atoms with van der Waals surface area (Å²) < 4.78 is 0. The lowest BCUT2D eigenvalue weighted by molar-refractivity contribution is 1.31. The number of nitrogens with two attached hydrogens (primary N) is 1. The third-order valence-corrected chi connectivity index (χ3v) is 0.903. The standard InChI is InChI=1S/C7H11N/c1-5(2)6(3)7(4)8/h1,3-4,8H2,2H3. The van der Waals surface area contributed by atoms with Crippen molar-refractivity contribution in [2.45, 2.75) is 6.92 Å². The Morgan fingerprint density at radius 1 is 1.25 bits per heavy atom. The molecule has 44 valence electrons. The van der Waals surface area contributed by atoms with Crippen LogP contribution in [-0.4, -0.2) is 0 Å². The molecule has 0 spiro atoms. The fourth-order valence-corrected chi connectivity index (χ4v) is 0.274. The van der Waals surface area contributed by atoms with Crippen LogP contribution in [0.25, 0.3) is 0 Å². The number of hydrogen-bond acceptors (Lipinski definition) is 1. The second-order valence-electron chi connectivity index (χ2n) is 1.78. The lowest BCUT2D eigenvalue weighted by atomic mass is 10.1. The van der Waals surface area contributed by atoms with Crippen LogP contribution in [0.5, 0.6) is 0 Å². The molecule has 8 heavy (non-hydrogen) atoms. The molecule has 0 amide bonds. The van der Waals surface area contributed by atoms with Gasteiger partial charge in [-0.3, -0.25) is 0 Å². The van der Waals surface area contributed by atoms with Crippen molar-refractivity contribution < 1.29 is 0 Å². The van der Waals surface area contributed by atoms with E-state index in [1.807, 2.05) is 6.92 Å². The fourth-order valence-electron chi connectivity index (χ4n) is 0.274. The monoisotopic (exact) mass is 109 g/mol. The summed E-state index contributed by atoms with van der Waals surface area (Å²) in [4.78, 5) is 0. The first kappa shape index (κ1) is 7.02. The third-order valence-electron chi connectivity index (χ3n) is 0.903. The van der Waals surface area contributed by atoms with Gasteiger partial charge in [-0.15, -0.1) is 0 Å². The van der Waals surface area contributed by atoms with Crippen LogP contribution in [0.4, 0.5) is 0 Å². The average Bonchev–Trinajstić information content (AvgIpc) is 1.64. The van der Waals surface area contributed by atoms with Gasteiger partial charge < -0.3 is 5.73 Å². The van der Waals surface area contributed by atoms with Crippen molar-refractivity contribution in [3.8, 4) is 0 Å². The molecule has 0 heterocycles. The van der Waals surface area contributed by atoms with E-state index in [1.54, 1.807) is 0 Å². The van der Waals surface area contributed by atoms with Crippen molar-refractivity contribution in [2.24, 2.45) is 5.73 Å². The first-order valence-corrected chi connectivity index (χ1v) is 2.35. The van der Waals surface area contributed by atoms with Crippen LogP contribution in [0.3, 0.4) is 0 Å². The van der Waals surface area contributed by atoms with Crippen LogP contribution in [0.15, 0.2) is 36.6 Å². The van der Waals surface area contributed by atoms with E-state index in [2.05, 4.69) is 19.7 Å². The molecule has 0 aromatic heterocycles. The molecule has 0 aromatic carbocycles. The second-order valence-corrected chi connectivity index (χ2v) is 1.78. The minimum Gasteiger partial charge on any atom is -0.399 e. The summed E-state index contributed by atoms with van der Waals surface area (Å²) in [5.74, 6) is 0. The highest BCUT2D eigenvalue weighted by Gasteiger charge is 1.91. The van der Waals surface area contributed by atoms with Gasteiger partial charge in [0.15, 0.2) is 0 Å². The summed E-state index contributed by atoms with van der Waals surface area (Å²) in [5, 5.41) is 0. The molecule has 0 aromatic rings. The molecule has 1 nitrogen and oxygen atoms in total. The van der Waals surface area contributed by atoms with Gasteiger partial charge in [0.2, 0.25) is 0 Å². The molecule has 0 rings (SSSR count). The molecule has 0 atom stereocenters. The molecule has 0 aliphatic rings. The minimum absolute atomic E-state index is 0.498. The zero-order valence-electron chi connectivity index (χ0n) is 5.20. The summed E-state index contributed by atoms with van der Waals surface area (Å²) in [7, 11) is 0. The van der Waals surface area contributed by atoms with Crippen LogP contribution in [0.2, 0.25) is 0 Å². The molecular weight excluding hydrogens is 98.1 g/mol. The molecule has 0 bridgehead atoms. The predicted molar refractivity (Wildman–Crippen MR) is 37.3 cm³/mol. The maximum absolute atomic E-state index is 5.28. The summed E-state index contributed by atoms with van der Waals surface area (Å²) >= 11 is 0. The molecule has 1 heteroatoms. The van der Waals surface area contributed by atoms with Gasteiger partial charge in [0.1, 0.15) is 0 Å². The van der Waals surface area contributed by atoms with Crippen LogP contribution < -0.4 is 5.73 Å². The quantitative estimate of drug-likeness (QED) is 0.535. The Bertz CT molecular complexity index is 126. The van der Waals surface area contributed by atoms with Crippen LogP contribution in [0.1, 0.15) is 6.92 Å². The van der Waals surface area contributed by atoms with Gasteiger partial charge in [0.25, 0.3) is 0 Å². The minimum atomic E-state index is 0.498. The smallest absolute Gasteiger partial charge is 0.0311 e. The second kappa shape index (κ2) is 2.36. The highest BCUT2D eigenvalue weighted by atomic mass is 14.6. The Balaban J connectivity index is 4.05. The van der Waals surface area contributed by atoms with Crippen molar-refractivity contribution in [2.75, 3.05) is 0 Å². The Morgan fingerprint density at radius 2 is 1.62 bits per heavy atom. The van der Waals surface area contributed by atoms with E-state index >= 15 is 0 Å². The van der Waals surface area contributed by atoms with E-state index in [0.29, 0.717) is 5.70 Å². The van der Waals surface area contributed by atoms with Crippen molar-refractivity contribution in [1.29, 1.82) is 0 Å². The van der Waals surface area contributed by atoms with Gasteiger partial charge in [0.05, 0.1) is 0 Å². The van der Waals surface area contributed by atoms with E-state index in [0.717, 1.165) is 11.1 Å². The summed E-state index contributed by atoms with van der Waals surface area (Å²) in [5.41, 5.74) is 7.39. The topological polar surface area (TPSA) is 26.0 Å². The van der Waals surface area contributed by atoms with Crippen molar-refractivity contribution in [1.82, 2.24) is 0 Å². The fraction of sp³-hybridized carbons (Fsp3) is 0.143. The molecule has 0 radical (unpaired) electrons. The maximum atomic E-state index is 5.28. The van der Waals surface area contributed by atoms with Crippen molar-refractivity contribution >= 4 is 0 Å². The Morgan fingerprint density at radius 3 is 1.62 bits per heavy atom. The Labute approximate surface area is 50.2 Å². The molecular formula is C7H11N. The number of hydrogen-bond donors (Lipinski definition) is 1. The summed E-state index contributed by atoms with van der Waals surface area (Å²) in [6.07, 6.45) is 0. The Kier molecular flexibility index (Phi) is 2.07. The molecule has 0 unspecified atom stereocenters. The van der Waals surface area contributed by atoms with Gasteiger partial charge in [-0.25, -0.2) is 0 Å². The average molecular weight is 109 g/mol. The van der Waals surface area contributed by atoms with E-state index < -0.39 is 0 Å². The lowest BCUT2D eigenvalue weighted by Crippen LogP contribution is -1.97. The van der Waals surface area contributed by atoms with E-state index in [-0.39, 0.29) is 0 Å². The summed E-state index contributed by atoms with van der Waals surface area (Å²) in [6, 6.07) is 0. The summed E-state index contributed by atoms with van der Waals surface area (Å²) in [6.45, 7) is 12.6. The highest BCUT2D eigenvalue weighted by molar-refractivity contribution is 5.38. The molecule has 2 N–H and O–H groups in total. The van der Waals surface area contributed by atoms with E-state index in [1.165, 1.54) is 0 Å². The van der Waals surface area contributed by atoms with Crippen LogP contribution in [0, 0.1) is 0 Å². The van der Waals surface area contributed by atoms with Gasteiger partial charge in [-0.2, -0.15) is 0 Å². The van der Waals surface area contributed by atoms with Gasteiger partial charge in [0, 0.05) is 5.70 Å². The van der Waals surface area contributed by atoms with Gasteiger partial charge in [-0.1, -0.05) is 19.7 Å². The van der Waals surface area contributed by atoms with Crippen LogP contribution >= 0.6 is 0 Å². The largest absolute Gasteiger partial charge is 0.399 e. The lowest BCUT2D eigenvalue weighted by Gasteiger charge is -2.00. The molecule has 0 fully saturated rings. The SMILES string of the molecule is C=C(C)C(=C)C(=C)N. The molecule has 0 saturated carbocycles. The van der Waals surface area contributed by atoms with Crippen molar-refractivity contribution in [3.05, 3.63) is 36.6 Å².